The first kappa shape index (κ1) is 15.8. The van der Waals surface area contributed by atoms with Crippen molar-refractivity contribution < 1.29 is 0 Å². The molecule has 0 amide bonds. The Morgan fingerprint density at radius 2 is 2.00 bits per heavy atom. The molecule has 0 unspecified atom stereocenters. The Bertz CT molecular complexity index is 786. The summed E-state index contributed by atoms with van der Waals surface area (Å²) in [7, 11) is 0. The van der Waals surface area contributed by atoms with Crippen LogP contribution in [-0.4, -0.2) is 11.5 Å². The van der Waals surface area contributed by atoms with Crippen LogP contribution in [0.15, 0.2) is 28.7 Å². The summed E-state index contributed by atoms with van der Waals surface area (Å²) in [5.41, 5.74) is 7.84. The number of anilines is 2. The number of nitrogens with zero attached hydrogens (tertiary/aromatic N) is 3. The van der Waals surface area contributed by atoms with Crippen molar-refractivity contribution in [2.45, 2.75) is 13.3 Å². The minimum absolute atomic E-state index is 0.161. The van der Waals surface area contributed by atoms with E-state index in [1.54, 1.807) is 0 Å². The van der Waals surface area contributed by atoms with E-state index in [4.69, 9.17) is 5.73 Å². The number of nitrogens with two attached hydrogens (primary N) is 1. The van der Waals surface area contributed by atoms with Gasteiger partial charge in [0.05, 0.1) is 11.4 Å². The maximum absolute atomic E-state index is 9.41. The van der Waals surface area contributed by atoms with Crippen LogP contribution in [0.5, 0.6) is 0 Å². The quantitative estimate of drug-likeness (QED) is 0.871. The molecule has 1 aromatic heterocycles. The third kappa shape index (κ3) is 3.03. The van der Waals surface area contributed by atoms with Crippen LogP contribution < -0.4 is 11.1 Å². The number of hydrogen-bond donors (Lipinski definition) is 2. The molecule has 5 nitrogen and oxygen atoms in total. The number of benzene rings is 1. The van der Waals surface area contributed by atoms with Crippen molar-refractivity contribution in [1.82, 2.24) is 4.98 Å². The third-order valence-electron chi connectivity index (χ3n) is 3.10. The first-order chi connectivity index (χ1) is 10.6. The second-order valence-electron chi connectivity index (χ2n) is 4.63. The van der Waals surface area contributed by atoms with Crippen LogP contribution in [0.1, 0.15) is 24.5 Å². The molecule has 110 valence electrons. The highest BCUT2D eigenvalue weighted by Crippen LogP contribution is 2.32. The maximum atomic E-state index is 9.41. The molecule has 0 saturated heterocycles. The fraction of sp³-hybridized carbons (Fsp3) is 0.188. The summed E-state index contributed by atoms with van der Waals surface area (Å²) in [4.78, 5) is 4.47. The summed E-state index contributed by atoms with van der Waals surface area (Å²) in [6.45, 7) is 2.69. The molecular weight excluding hydrogens is 342 g/mol. The predicted molar refractivity (Wildman–Crippen MR) is 90.0 cm³/mol. The molecule has 0 aliphatic heterocycles. The molecule has 0 aliphatic rings. The molecule has 0 atom stereocenters. The van der Waals surface area contributed by atoms with Crippen LogP contribution in [0.4, 0.5) is 11.5 Å². The molecule has 3 N–H and O–H groups in total. The second kappa shape index (κ2) is 6.93. The highest BCUT2D eigenvalue weighted by atomic mass is 79.9. The average Bonchev–Trinajstić information content (AvgIpc) is 2.52. The Hall–Kier alpha value is -2.57. The topological polar surface area (TPSA) is 98.5 Å². The van der Waals surface area contributed by atoms with Crippen molar-refractivity contribution >= 4 is 27.4 Å². The normalized spacial score (nSPS) is 9.82. The van der Waals surface area contributed by atoms with E-state index in [0.717, 1.165) is 16.5 Å². The molecule has 0 bridgehead atoms. The number of pyridine rings is 1. The minimum atomic E-state index is 0.161. The third-order valence-corrected chi connectivity index (χ3v) is 3.59. The molecule has 1 aromatic carbocycles. The van der Waals surface area contributed by atoms with Crippen LogP contribution >= 0.6 is 15.9 Å². The van der Waals surface area contributed by atoms with Crippen molar-refractivity contribution in [2.75, 3.05) is 17.6 Å². The number of nitriles is 2. The van der Waals surface area contributed by atoms with Crippen molar-refractivity contribution in [1.29, 1.82) is 10.5 Å². The first-order valence-electron chi connectivity index (χ1n) is 6.75. The number of rotatable bonds is 4. The number of nitrogen functional groups attached to an aromatic ring is 1. The molecule has 6 heteroatoms. The minimum Gasteiger partial charge on any atom is -0.396 e. The molecule has 0 fully saturated rings. The van der Waals surface area contributed by atoms with Gasteiger partial charge in [-0.2, -0.15) is 10.5 Å². The molecule has 2 aromatic rings. The highest BCUT2D eigenvalue weighted by molar-refractivity contribution is 9.10. The molecule has 0 saturated carbocycles. The van der Waals surface area contributed by atoms with Gasteiger partial charge in [0, 0.05) is 16.6 Å². The van der Waals surface area contributed by atoms with Gasteiger partial charge in [0.25, 0.3) is 0 Å². The first-order valence-corrected chi connectivity index (χ1v) is 7.55. The zero-order chi connectivity index (χ0) is 16.1. The summed E-state index contributed by atoms with van der Waals surface area (Å²) in [6, 6.07) is 11.5. The van der Waals surface area contributed by atoms with Gasteiger partial charge >= 0.3 is 0 Å². The lowest BCUT2D eigenvalue weighted by Gasteiger charge is -2.13. The lowest BCUT2D eigenvalue weighted by molar-refractivity contribution is 0.968. The van der Waals surface area contributed by atoms with Gasteiger partial charge < -0.3 is 11.1 Å². The molecule has 0 radical (unpaired) electrons. The monoisotopic (exact) mass is 355 g/mol. The Morgan fingerprint density at radius 1 is 1.27 bits per heavy atom. The van der Waals surface area contributed by atoms with E-state index >= 15 is 0 Å². The number of aromatic nitrogens is 1. The zero-order valence-electron chi connectivity index (χ0n) is 12.0. The number of nitrogens with one attached hydrogen (secondary N) is 1. The number of halogens is 1. The fourth-order valence-corrected chi connectivity index (χ4v) is 2.45. The van der Waals surface area contributed by atoms with Gasteiger partial charge in [-0.25, -0.2) is 4.98 Å². The molecule has 0 aliphatic carbocycles. The summed E-state index contributed by atoms with van der Waals surface area (Å²) in [6.07, 6.45) is 0.888. The Balaban J connectivity index is 2.70. The van der Waals surface area contributed by atoms with Crippen molar-refractivity contribution in [3.05, 3.63) is 39.9 Å². The fourth-order valence-electron chi connectivity index (χ4n) is 2.05. The van der Waals surface area contributed by atoms with Crippen LogP contribution in [0.25, 0.3) is 11.3 Å². The zero-order valence-corrected chi connectivity index (χ0v) is 13.6. The van der Waals surface area contributed by atoms with Gasteiger partial charge in [-0.3, -0.25) is 0 Å². The molecule has 22 heavy (non-hydrogen) atoms. The number of hydrogen-bond acceptors (Lipinski definition) is 5. The van der Waals surface area contributed by atoms with Crippen molar-refractivity contribution in [2.24, 2.45) is 0 Å². The van der Waals surface area contributed by atoms with Gasteiger partial charge in [-0.05, 0) is 18.6 Å². The van der Waals surface area contributed by atoms with E-state index < -0.39 is 0 Å². The van der Waals surface area contributed by atoms with E-state index in [1.807, 2.05) is 37.3 Å². The van der Waals surface area contributed by atoms with Crippen LogP contribution in [0.2, 0.25) is 0 Å². The van der Waals surface area contributed by atoms with Gasteiger partial charge in [0.2, 0.25) is 0 Å². The standard InChI is InChI=1S/C16H14BrN5/c1-2-6-21-16-13(9-19)14(20)12(8-18)15(22-16)10-4-3-5-11(17)7-10/h3-5,7H,2,6H2,1H3,(H3,20,21,22). The SMILES string of the molecule is CCCNc1nc(-c2cccc(Br)c2)c(C#N)c(N)c1C#N. The summed E-state index contributed by atoms with van der Waals surface area (Å²) >= 11 is 3.40. The Labute approximate surface area is 137 Å². The summed E-state index contributed by atoms with van der Waals surface area (Å²) in [5.74, 6) is 0.413. The largest absolute Gasteiger partial charge is 0.396 e. The van der Waals surface area contributed by atoms with Gasteiger partial charge in [-0.15, -0.1) is 0 Å². The summed E-state index contributed by atoms with van der Waals surface area (Å²) < 4.78 is 0.877. The average molecular weight is 356 g/mol. The van der Waals surface area contributed by atoms with E-state index in [-0.39, 0.29) is 16.8 Å². The van der Waals surface area contributed by atoms with Crippen LogP contribution in [-0.2, 0) is 0 Å². The molecule has 1 heterocycles. The Morgan fingerprint density at radius 3 is 2.59 bits per heavy atom. The van der Waals surface area contributed by atoms with Crippen LogP contribution in [0, 0.1) is 22.7 Å². The second-order valence-corrected chi connectivity index (χ2v) is 5.55. The van der Waals surface area contributed by atoms with Gasteiger partial charge in [-0.1, -0.05) is 35.0 Å². The predicted octanol–water partition coefficient (Wildman–Crippen LogP) is 3.66. The lowest BCUT2D eigenvalue weighted by atomic mass is 10.0. The molecule has 2 rings (SSSR count). The molecular formula is C16H14BrN5. The lowest BCUT2D eigenvalue weighted by Crippen LogP contribution is -2.09. The summed E-state index contributed by atoms with van der Waals surface area (Å²) in [5, 5.41) is 21.8. The highest BCUT2D eigenvalue weighted by Gasteiger charge is 2.18. The van der Waals surface area contributed by atoms with Crippen LogP contribution in [0.3, 0.4) is 0 Å². The van der Waals surface area contributed by atoms with E-state index in [0.29, 0.717) is 18.1 Å². The Kier molecular flexibility index (Phi) is 4.98. The van der Waals surface area contributed by atoms with E-state index in [9.17, 15) is 10.5 Å². The van der Waals surface area contributed by atoms with Gasteiger partial charge in [0.15, 0.2) is 0 Å². The van der Waals surface area contributed by atoms with Gasteiger partial charge in [0.1, 0.15) is 29.1 Å². The van der Waals surface area contributed by atoms with E-state index in [2.05, 4.69) is 32.3 Å². The van der Waals surface area contributed by atoms with Crippen molar-refractivity contribution in [3.8, 4) is 23.4 Å². The van der Waals surface area contributed by atoms with E-state index in [1.165, 1.54) is 0 Å². The van der Waals surface area contributed by atoms with Crippen molar-refractivity contribution in [3.63, 3.8) is 0 Å². The smallest absolute Gasteiger partial charge is 0.146 e. The maximum Gasteiger partial charge on any atom is 0.146 e. The molecule has 0 spiro atoms.